The van der Waals surface area contributed by atoms with E-state index in [9.17, 15) is 0 Å². The van der Waals surface area contributed by atoms with Crippen LogP contribution in [0.4, 0.5) is 0 Å². The van der Waals surface area contributed by atoms with Crippen LogP contribution in [0.15, 0.2) is 133 Å². The Labute approximate surface area is 229 Å². The molecule has 0 saturated carbocycles. The summed E-state index contributed by atoms with van der Waals surface area (Å²) < 4.78 is 2.70. The lowest BCUT2D eigenvalue weighted by atomic mass is 9.85. The first-order valence-corrected chi connectivity index (χ1v) is 14.5. The van der Waals surface area contributed by atoms with Crippen LogP contribution in [0.1, 0.15) is 0 Å². The first-order valence-electron chi connectivity index (χ1n) is 12.8. The fourth-order valence-corrected chi connectivity index (χ4v) is 7.71. The molecule has 6 aromatic carbocycles. The summed E-state index contributed by atoms with van der Waals surface area (Å²) in [4.78, 5) is 1.31. The first kappa shape index (κ1) is 21.8. The predicted molar refractivity (Wildman–Crippen MR) is 169 cm³/mol. The second-order valence-corrected chi connectivity index (χ2v) is 11.8. The van der Waals surface area contributed by atoms with E-state index in [0.717, 1.165) is 0 Å². The fourth-order valence-electron chi connectivity index (χ4n) is 5.80. The largest absolute Gasteiger partial charge is 0.144 e. The van der Waals surface area contributed by atoms with Crippen molar-refractivity contribution in [3.05, 3.63) is 133 Å². The lowest BCUT2D eigenvalue weighted by Crippen LogP contribution is -1.91. The maximum atomic E-state index is 2.42. The predicted octanol–water partition coefficient (Wildman–Crippen LogP) is 11.4. The number of hydrogen-bond acceptors (Lipinski definition) is 2. The van der Waals surface area contributed by atoms with E-state index < -0.39 is 0 Å². The van der Waals surface area contributed by atoms with Crippen LogP contribution in [0.2, 0.25) is 0 Å². The SMILES string of the molecule is c1ccc(-c2c3ccccc3c(-c3ccccc3)c3cc(-c4cc5cc6sccc6cc5s4)ccc23)cc1. The molecule has 0 amide bonds. The second-order valence-electron chi connectivity index (χ2n) is 9.75. The summed E-state index contributed by atoms with van der Waals surface area (Å²) >= 11 is 3.70. The van der Waals surface area contributed by atoms with Gasteiger partial charge in [0.2, 0.25) is 0 Å². The Morgan fingerprint density at radius 3 is 1.71 bits per heavy atom. The van der Waals surface area contributed by atoms with Crippen molar-refractivity contribution in [3.63, 3.8) is 0 Å². The lowest BCUT2D eigenvalue weighted by Gasteiger charge is -2.18. The Kier molecular flexibility index (Phi) is 4.97. The number of thiophene rings is 2. The zero-order valence-electron chi connectivity index (χ0n) is 20.5. The summed E-state index contributed by atoms with van der Waals surface area (Å²) in [6.07, 6.45) is 0. The molecule has 0 fully saturated rings. The van der Waals surface area contributed by atoms with Gasteiger partial charge in [-0.15, -0.1) is 22.7 Å². The van der Waals surface area contributed by atoms with E-state index in [2.05, 4.69) is 133 Å². The van der Waals surface area contributed by atoms with Crippen LogP contribution in [0.3, 0.4) is 0 Å². The Hall–Kier alpha value is -4.24. The molecule has 0 N–H and O–H groups in total. The molecule has 0 atom stereocenters. The minimum Gasteiger partial charge on any atom is -0.144 e. The minimum absolute atomic E-state index is 1.25. The molecule has 0 aliphatic rings. The third kappa shape index (κ3) is 3.42. The second kappa shape index (κ2) is 8.66. The molecular weight excluding hydrogens is 497 g/mol. The highest BCUT2D eigenvalue weighted by Crippen LogP contribution is 2.45. The molecule has 0 bridgehead atoms. The molecule has 178 valence electrons. The Morgan fingerprint density at radius 2 is 1.00 bits per heavy atom. The molecule has 2 heteroatoms. The number of fused-ring (bicyclic) bond motifs is 4. The van der Waals surface area contributed by atoms with E-state index in [1.54, 1.807) is 0 Å². The van der Waals surface area contributed by atoms with E-state index >= 15 is 0 Å². The van der Waals surface area contributed by atoms with Gasteiger partial charge >= 0.3 is 0 Å². The summed E-state index contributed by atoms with van der Waals surface area (Å²) in [7, 11) is 0. The monoisotopic (exact) mass is 518 g/mol. The van der Waals surface area contributed by atoms with Gasteiger partial charge in [0.15, 0.2) is 0 Å². The van der Waals surface area contributed by atoms with Gasteiger partial charge < -0.3 is 0 Å². The van der Waals surface area contributed by atoms with Crippen LogP contribution in [0.5, 0.6) is 0 Å². The smallest absolute Gasteiger partial charge is 0.0356 e. The quantitative estimate of drug-likeness (QED) is 0.204. The molecule has 38 heavy (non-hydrogen) atoms. The van der Waals surface area contributed by atoms with Crippen LogP contribution < -0.4 is 0 Å². The maximum Gasteiger partial charge on any atom is 0.0356 e. The highest BCUT2D eigenvalue weighted by atomic mass is 32.1. The molecule has 0 radical (unpaired) electrons. The molecule has 0 saturated heterocycles. The van der Waals surface area contributed by atoms with Crippen molar-refractivity contribution in [3.8, 4) is 32.7 Å². The van der Waals surface area contributed by atoms with E-state index in [0.29, 0.717) is 0 Å². The van der Waals surface area contributed by atoms with Crippen molar-refractivity contribution < 1.29 is 0 Å². The van der Waals surface area contributed by atoms with Gasteiger partial charge in [0.05, 0.1) is 0 Å². The Morgan fingerprint density at radius 1 is 0.395 bits per heavy atom. The summed E-state index contributed by atoms with van der Waals surface area (Å²) in [6, 6.07) is 46.9. The minimum atomic E-state index is 1.25. The molecule has 0 unspecified atom stereocenters. The molecule has 8 rings (SSSR count). The number of rotatable bonds is 3. The van der Waals surface area contributed by atoms with Crippen LogP contribution in [0, 0.1) is 0 Å². The number of benzene rings is 6. The topological polar surface area (TPSA) is 0 Å². The zero-order valence-corrected chi connectivity index (χ0v) is 22.2. The van der Waals surface area contributed by atoms with Gasteiger partial charge in [-0.25, -0.2) is 0 Å². The van der Waals surface area contributed by atoms with Crippen LogP contribution >= 0.6 is 22.7 Å². The van der Waals surface area contributed by atoms with E-state index in [4.69, 9.17) is 0 Å². The molecule has 0 aliphatic carbocycles. The highest BCUT2D eigenvalue weighted by molar-refractivity contribution is 7.22. The van der Waals surface area contributed by atoms with Crippen molar-refractivity contribution >= 4 is 64.4 Å². The van der Waals surface area contributed by atoms with Gasteiger partial charge in [0, 0.05) is 14.3 Å². The van der Waals surface area contributed by atoms with Crippen LogP contribution in [-0.4, -0.2) is 0 Å². The van der Waals surface area contributed by atoms with Gasteiger partial charge in [-0.05, 0) is 95.8 Å². The molecule has 2 aromatic heterocycles. The van der Waals surface area contributed by atoms with Gasteiger partial charge in [-0.2, -0.15) is 0 Å². The van der Waals surface area contributed by atoms with E-state index in [1.165, 1.54) is 74.4 Å². The van der Waals surface area contributed by atoms with Crippen molar-refractivity contribution in [2.45, 2.75) is 0 Å². The summed E-state index contributed by atoms with van der Waals surface area (Å²) in [5.74, 6) is 0. The van der Waals surface area contributed by atoms with E-state index in [-0.39, 0.29) is 0 Å². The zero-order chi connectivity index (χ0) is 25.1. The third-order valence-corrected chi connectivity index (χ3v) is 9.55. The van der Waals surface area contributed by atoms with Gasteiger partial charge in [0.25, 0.3) is 0 Å². The van der Waals surface area contributed by atoms with Crippen LogP contribution in [-0.2, 0) is 0 Å². The van der Waals surface area contributed by atoms with Gasteiger partial charge in [-0.3, -0.25) is 0 Å². The molecule has 8 aromatic rings. The van der Waals surface area contributed by atoms with Crippen molar-refractivity contribution in [2.24, 2.45) is 0 Å². The Balaban J connectivity index is 1.46. The van der Waals surface area contributed by atoms with Crippen molar-refractivity contribution in [1.82, 2.24) is 0 Å². The third-order valence-electron chi connectivity index (χ3n) is 7.52. The van der Waals surface area contributed by atoms with Crippen LogP contribution in [0.25, 0.3) is 74.4 Å². The summed E-state index contributed by atoms with van der Waals surface area (Å²) in [5, 5.41) is 10.0. The molecule has 2 heterocycles. The maximum absolute atomic E-state index is 2.42. The average Bonchev–Trinajstić information content (AvgIpc) is 3.61. The highest BCUT2D eigenvalue weighted by Gasteiger charge is 2.17. The Bertz CT molecular complexity index is 2060. The van der Waals surface area contributed by atoms with Gasteiger partial charge in [-0.1, -0.05) is 97.1 Å². The molecule has 0 aliphatic heterocycles. The number of hydrogen-bond donors (Lipinski definition) is 0. The lowest BCUT2D eigenvalue weighted by molar-refractivity contribution is 1.65. The summed E-state index contributed by atoms with van der Waals surface area (Å²) in [6.45, 7) is 0. The van der Waals surface area contributed by atoms with E-state index in [1.807, 2.05) is 22.7 Å². The van der Waals surface area contributed by atoms with Crippen molar-refractivity contribution in [2.75, 3.05) is 0 Å². The fraction of sp³-hybridized carbons (Fsp3) is 0. The van der Waals surface area contributed by atoms with Gasteiger partial charge in [0.1, 0.15) is 0 Å². The average molecular weight is 519 g/mol. The molecular formula is C36H22S2. The standard InChI is InChI=1S/C36H22S2/c1-3-9-23(10-4-1)35-28-13-7-8-14-29(28)36(24-11-5-2-6-12-24)31-19-25(15-16-30(31)35)33-22-27-21-32-26(17-18-37-32)20-34(27)38-33/h1-22H. The molecule has 0 nitrogen and oxygen atoms in total. The van der Waals surface area contributed by atoms with Crippen molar-refractivity contribution in [1.29, 1.82) is 0 Å². The summed E-state index contributed by atoms with van der Waals surface area (Å²) in [5.41, 5.74) is 6.39. The normalized spacial score (nSPS) is 11.7. The molecule has 0 spiro atoms. The first-order chi connectivity index (χ1) is 18.8.